The fourth-order valence-electron chi connectivity index (χ4n) is 2.75. The third-order valence-electron chi connectivity index (χ3n) is 4.16. The van der Waals surface area contributed by atoms with E-state index in [1.807, 2.05) is 44.2 Å². The molecule has 0 amide bonds. The van der Waals surface area contributed by atoms with Crippen LogP contribution in [0.25, 0.3) is 0 Å². The number of nitrogens with two attached hydrogens (primary N) is 1. The molecule has 0 fully saturated rings. The number of anilines is 1. The largest absolute Gasteiger partial charge is 0.341 e. The molecule has 2 atom stereocenters. The van der Waals surface area contributed by atoms with Crippen LogP contribution in [-0.4, -0.2) is 27.9 Å². The van der Waals surface area contributed by atoms with Crippen molar-refractivity contribution in [3.05, 3.63) is 53.1 Å². The van der Waals surface area contributed by atoms with Crippen molar-refractivity contribution in [1.29, 1.82) is 0 Å². The third kappa shape index (κ3) is 4.36. The number of halogens is 1. The van der Waals surface area contributed by atoms with E-state index < -0.39 is 24.9 Å². The van der Waals surface area contributed by atoms with E-state index in [4.69, 9.17) is 16.7 Å². The number of rotatable bonds is 5. The van der Waals surface area contributed by atoms with Crippen LogP contribution < -0.4 is 10.5 Å². The summed E-state index contributed by atoms with van der Waals surface area (Å²) < 4.78 is 52.3. The fraction of sp³-hybridized carbons (Fsp3) is 0.235. The quantitative estimate of drug-likeness (QED) is 0.707. The van der Waals surface area contributed by atoms with Gasteiger partial charge >= 0.3 is 0 Å². The number of fused-ring (bicyclic) bond motifs is 1. The van der Waals surface area contributed by atoms with Gasteiger partial charge in [0.1, 0.15) is 15.6 Å². The zero-order valence-corrected chi connectivity index (χ0v) is 18.2. The number of nitrogens with one attached hydrogen (secondary N) is 1. The van der Waals surface area contributed by atoms with E-state index in [9.17, 15) is 16.8 Å². The van der Waals surface area contributed by atoms with E-state index in [0.29, 0.717) is 0 Å². The van der Waals surface area contributed by atoms with Crippen molar-refractivity contribution in [2.75, 3.05) is 5.32 Å². The van der Waals surface area contributed by atoms with E-state index in [0.717, 1.165) is 11.6 Å². The first kappa shape index (κ1) is 21.1. The van der Waals surface area contributed by atoms with Crippen molar-refractivity contribution in [2.24, 2.45) is 9.54 Å². The molecule has 0 saturated carbocycles. The summed E-state index contributed by atoms with van der Waals surface area (Å²) in [6.45, 7) is 3.87. The maximum atomic E-state index is 12.6. The smallest absolute Gasteiger partial charge is 0.286 e. The van der Waals surface area contributed by atoms with Gasteiger partial charge in [0.2, 0.25) is 10.0 Å². The van der Waals surface area contributed by atoms with Crippen LogP contribution in [-0.2, 0) is 20.0 Å². The van der Waals surface area contributed by atoms with Gasteiger partial charge in [-0.3, -0.25) is 0 Å². The minimum absolute atomic E-state index is 0.109. The summed E-state index contributed by atoms with van der Waals surface area (Å²) in [6, 6.07) is 12.0. The van der Waals surface area contributed by atoms with E-state index in [-0.39, 0.29) is 31.9 Å². The molecule has 1 aliphatic heterocycles. The van der Waals surface area contributed by atoms with Gasteiger partial charge in [0.05, 0.1) is 16.0 Å². The van der Waals surface area contributed by atoms with Crippen molar-refractivity contribution in [2.45, 2.75) is 34.1 Å². The van der Waals surface area contributed by atoms with Gasteiger partial charge in [-0.25, -0.2) is 13.6 Å². The van der Waals surface area contributed by atoms with E-state index in [2.05, 4.69) is 9.71 Å². The number of hydrogen-bond donors (Lipinski definition) is 2. The summed E-state index contributed by atoms with van der Waals surface area (Å²) >= 11 is 7.53. The van der Waals surface area contributed by atoms with Crippen molar-refractivity contribution in [3.8, 4) is 0 Å². The molecule has 0 radical (unpaired) electrons. The van der Waals surface area contributed by atoms with E-state index >= 15 is 0 Å². The number of primary sulfonamides is 1. The van der Waals surface area contributed by atoms with Crippen LogP contribution in [0, 0.1) is 0 Å². The predicted octanol–water partition coefficient (Wildman–Crippen LogP) is 3.38. The highest BCUT2D eigenvalue weighted by Crippen LogP contribution is 2.37. The second kappa shape index (κ2) is 7.68. The van der Waals surface area contributed by atoms with Gasteiger partial charge in [0.25, 0.3) is 10.0 Å². The molecular weight excluding hydrogens is 442 g/mol. The van der Waals surface area contributed by atoms with Crippen LogP contribution >= 0.6 is 23.4 Å². The number of sulfonamides is 2. The highest BCUT2D eigenvalue weighted by atomic mass is 35.5. The Kier molecular flexibility index (Phi) is 5.79. The molecule has 0 bridgehead atoms. The highest BCUT2D eigenvalue weighted by molar-refractivity contribution is 8.01. The van der Waals surface area contributed by atoms with Crippen molar-refractivity contribution in [3.63, 3.8) is 0 Å². The minimum Gasteiger partial charge on any atom is -0.341 e. The Hall–Kier alpha value is -1.59. The lowest BCUT2D eigenvalue weighted by Gasteiger charge is -2.24. The summed E-state index contributed by atoms with van der Waals surface area (Å²) in [5.41, 5.74) is 1.28. The predicted molar refractivity (Wildman–Crippen MR) is 113 cm³/mol. The molecule has 11 heteroatoms. The lowest BCUT2D eigenvalue weighted by molar-refractivity contribution is 0.596. The Bertz CT molecular complexity index is 1150. The SMILES string of the molecule is CC(SC(C)c1ccccc1)C1=NS(=O)(=O)c2cc(S(N)(=O)=O)c(Cl)cc2N1. The zero-order chi connectivity index (χ0) is 20.7. The number of thioether (sulfide) groups is 1. The number of benzene rings is 2. The summed E-state index contributed by atoms with van der Waals surface area (Å²) in [5.74, 6) is 0.250. The summed E-state index contributed by atoms with van der Waals surface area (Å²) in [5, 5.41) is 7.73. The van der Waals surface area contributed by atoms with Gasteiger partial charge in [-0.05, 0) is 31.5 Å². The van der Waals surface area contributed by atoms with Gasteiger partial charge in [0, 0.05) is 5.25 Å². The molecule has 1 aliphatic rings. The lowest BCUT2D eigenvalue weighted by atomic mass is 10.2. The second-order valence-electron chi connectivity index (χ2n) is 6.23. The number of hydrogen-bond acceptors (Lipinski definition) is 6. The van der Waals surface area contributed by atoms with Gasteiger partial charge in [-0.1, -0.05) is 41.9 Å². The molecule has 7 nitrogen and oxygen atoms in total. The number of nitrogens with zero attached hydrogens (tertiary/aromatic N) is 1. The topological polar surface area (TPSA) is 119 Å². The van der Waals surface area contributed by atoms with Crippen molar-refractivity contribution >= 4 is 54.9 Å². The summed E-state index contributed by atoms with van der Waals surface area (Å²) in [7, 11) is -8.27. The molecule has 0 aliphatic carbocycles. The lowest BCUT2D eigenvalue weighted by Crippen LogP contribution is -2.29. The van der Waals surface area contributed by atoms with Crippen molar-refractivity contribution < 1.29 is 16.8 Å². The van der Waals surface area contributed by atoms with E-state index in [1.54, 1.807) is 0 Å². The van der Waals surface area contributed by atoms with Crippen LogP contribution in [0.1, 0.15) is 24.7 Å². The minimum atomic E-state index is -4.17. The molecule has 150 valence electrons. The summed E-state index contributed by atoms with van der Waals surface area (Å²) in [6.07, 6.45) is 0. The molecule has 2 aromatic rings. The van der Waals surface area contributed by atoms with Crippen LogP contribution in [0.4, 0.5) is 5.69 Å². The average molecular weight is 460 g/mol. The Morgan fingerprint density at radius 2 is 1.79 bits per heavy atom. The van der Waals surface area contributed by atoms with Crippen LogP contribution in [0.2, 0.25) is 5.02 Å². The van der Waals surface area contributed by atoms with Gasteiger partial charge in [-0.2, -0.15) is 8.42 Å². The first-order valence-corrected chi connectivity index (χ1v) is 12.5. The van der Waals surface area contributed by atoms with E-state index in [1.165, 1.54) is 17.8 Å². The molecular formula is C17H18ClN3O4S3. The number of amidine groups is 1. The first-order chi connectivity index (χ1) is 13.0. The van der Waals surface area contributed by atoms with Gasteiger partial charge < -0.3 is 5.32 Å². The molecule has 28 heavy (non-hydrogen) atoms. The molecule has 0 saturated heterocycles. The van der Waals surface area contributed by atoms with Crippen LogP contribution in [0.15, 0.2) is 56.7 Å². The molecule has 3 rings (SSSR count). The highest BCUT2D eigenvalue weighted by Gasteiger charge is 2.31. The maximum Gasteiger partial charge on any atom is 0.286 e. The Morgan fingerprint density at radius 3 is 2.39 bits per heavy atom. The average Bonchev–Trinajstić information content (AvgIpc) is 2.60. The van der Waals surface area contributed by atoms with Gasteiger partial charge in [0.15, 0.2) is 0 Å². The third-order valence-corrected chi connectivity index (χ3v) is 8.18. The summed E-state index contributed by atoms with van der Waals surface area (Å²) in [4.78, 5) is -0.741. The monoisotopic (exact) mass is 459 g/mol. The first-order valence-electron chi connectivity index (χ1n) is 8.17. The molecule has 0 aromatic heterocycles. The standard InChI is InChI=1S/C17H18ClN3O4S3/c1-10(12-6-4-3-5-7-12)26-11(2)17-20-14-8-13(18)15(27(19,22)23)9-16(14)28(24,25)21-17/h3-11H,1-2H3,(H,20,21)(H2,19,22,23). The molecule has 1 heterocycles. The fourth-order valence-corrected chi connectivity index (χ4v) is 6.38. The van der Waals surface area contributed by atoms with Crippen molar-refractivity contribution in [1.82, 2.24) is 0 Å². The Morgan fingerprint density at radius 1 is 1.14 bits per heavy atom. The molecule has 0 spiro atoms. The second-order valence-corrected chi connectivity index (χ2v) is 11.4. The van der Waals surface area contributed by atoms with Crippen LogP contribution in [0.3, 0.4) is 0 Å². The maximum absolute atomic E-state index is 12.6. The Labute approximate surface area is 173 Å². The molecule has 2 unspecified atom stereocenters. The Balaban J connectivity index is 1.92. The molecule has 3 N–H and O–H groups in total. The van der Waals surface area contributed by atoms with Gasteiger partial charge in [-0.15, -0.1) is 16.2 Å². The zero-order valence-electron chi connectivity index (χ0n) is 15.0. The van der Waals surface area contributed by atoms with Crippen LogP contribution in [0.5, 0.6) is 0 Å². The molecule has 2 aromatic carbocycles. The normalized spacial score (nSPS) is 17.8.